The number of benzene rings is 1. The number of pyridine rings is 1. The van der Waals surface area contributed by atoms with E-state index in [1.165, 1.54) is 6.07 Å². The molecular weight excluding hydrogens is 461 g/mol. The highest BCUT2D eigenvalue weighted by atomic mass is 19.1. The molecule has 186 valence electrons. The van der Waals surface area contributed by atoms with Crippen LogP contribution in [-0.4, -0.2) is 48.9 Å². The van der Waals surface area contributed by atoms with Crippen molar-refractivity contribution in [3.8, 4) is 5.69 Å². The average molecular weight is 490 g/mol. The third kappa shape index (κ3) is 5.03. The van der Waals surface area contributed by atoms with Crippen molar-refractivity contribution in [1.29, 1.82) is 0 Å². The Hall–Kier alpha value is -3.92. The Morgan fingerprint density at radius 2 is 2.11 bits per heavy atom. The van der Waals surface area contributed by atoms with E-state index >= 15 is 0 Å². The zero-order chi connectivity index (χ0) is 25.2. The maximum absolute atomic E-state index is 14.8. The number of aryl methyl sites for hydroxylation is 1. The van der Waals surface area contributed by atoms with Crippen LogP contribution in [0.4, 0.5) is 10.1 Å². The second-order valence-corrected chi connectivity index (χ2v) is 9.20. The number of anilines is 1. The molecule has 1 aromatic carbocycles. The Morgan fingerprint density at radius 3 is 2.89 bits per heavy atom. The van der Waals surface area contributed by atoms with Crippen LogP contribution in [0.5, 0.6) is 0 Å². The summed E-state index contributed by atoms with van der Waals surface area (Å²) in [4.78, 5) is 22.0. The van der Waals surface area contributed by atoms with E-state index in [4.69, 9.17) is 4.74 Å². The first-order chi connectivity index (χ1) is 17.4. The summed E-state index contributed by atoms with van der Waals surface area (Å²) in [6.07, 6.45) is 8.05. The molecule has 1 saturated carbocycles. The van der Waals surface area contributed by atoms with Gasteiger partial charge in [-0.15, -0.1) is 10.2 Å². The Labute approximate surface area is 208 Å². The summed E-state index contributed by atoms with van der Waals surface area (Å²) in [5, 5.41) is 10.9. The van der Waals surface area contributed by atoms with Gasteiger partial charge in [-0.05, 0) is 56.5 Å². The van der Waals surface area contributed by atoms with E-state index in [2.05, 4.69) is 25.5 Å². The minimum absolute atomic E-state index is 0.0565. The van der Waals surface area contributed by atoms with Crippen molar-refractivity contribution in [2.45, 2.75) is 45.1 Å². The number of nitrogens with one attached hydrogen (secondary N) is 1. The van der Waals surface area contributed by atoms with Gasteiger partial charge in [0.2, 0.25) is 0 Å². The van der Waals surface area contributed by atoms with Crippen molar-refractivity contribution >= 4 is 11.6 Å². The Balaban J connectivity index is 1.34. The second kappa shape index (κ2) is 9.98. The first kappa shape index (κ1) is 23.8. The van der Waals surface area contributed by atoms with E-state index in [1.54, 1.807) is 38.0 Å². The summed E-state index contributed by atoms with van der Waals surface area (Å²) in [6.45, 7) is 4.36. The van der Waals surface area contributed by atoms with Crippen LogP contribution in [0.15, 0.2) is 49.2 Å². The fourth-order valence-corrected chi connectivity index (χ4v) is 4.23. The topological polar surface area (TPSA) is 99.8 Å². The van der Waals surface area contributed by atoms with E-state index < -0.39 is 11.7 Å². The average Bonchev–Trinajstić information content (AvgIpc) is 3.41. The van der Waals surface area contributed by atoms with Gasteiger partial charge in [0.1, 0.15) is 23.7 Å². The molecule has 1 fully saturated rings. The predicted octanol–water partition coefficient (Wildman–Crippen LogP) is 4.23. The van der Waals surface area contributed by atoms with Crippen LogP contribution in [0.2, 0.25) is 0 Å². The van der Waals surface area contributed by atoms with Crippen LogP contribution in [-0.2, 0) is 11.2 Å². The summed E-state index contributed by atoms with van der Waals surface area (Å²) >= 11 is 0. The number of aromatic nitrogens is 6. The van der Waals surface area contributed by atoms with Gasteiger partial charge < -0.3 is 19.2 Å². The fourth-order valence-electron chi connectivity index (χ4n) is 4.23. The van der Waals surface area contributed by atoms with Crippen molar-refractivity contribution in [3.05, 3.63) is 83.5 Å². The Kier molecular flexibility index (Phi) is 6.60. The summed E-state index contributed by atoms with van der Waals surface area (Å²) < 4.78 is 23.8. The van der Waals surface area contributed by atoms with Gasteiger partial charge in [0.15, 0.2) is 0 Å². The summed E-state index contributed by atoms with van der Waals surface area (Å²) in [5.74, 6) is 0.221. The summed E-state index contributed by atoms with van der Waals surface area (Å²) in [7, 11) is 1.64. The predicted molar refractivity (Wildman–Crippen MR) is 132 cm³/mol. The van der Waals surface area contributed by atoms with Gasteiger partial charge in [-0.3, -0.25) is 4.79 Å². The third-order valence-corrected chi connectivity index (χ3v) is 6.32. The number of halogens is 1. The van der Waals surface area contributed by atoms with Crippen molar-refractivity contribution in [1.82, 2.24) is 29.3 Å². The quantitative estimate of drug-likeness (QED) is 0.378. The van der Waals surface area contributed by atoms with Crippen molar-refractivity contribution in [3.63, 3.8) is 0 Å². The van der Waals surface area contributed by atoms with Crippen LogP contribution in [0.3, 0.4) is 0 Å². The molecule has 0 radical (unpaired) electrons. The maximum atomic E-state index is 14.8. The zero-order valence-electron chi connectivity index (χ0n) is 20.5. The number of methoxy groups -OCH3 is 1. The first-order valence-corrected chi connectivity index (χ1v) is 11.9. The number of ether oxygens (including phenoxy) is 1. The third-order valence-electron chi connectivity index (χ3n) is 6.32. The number of hydrogen-bond donors (Lipinski definition) is 1. The minimum atomic E-state index is -0.511. The molecule has 1 amide bonds. The van der Waals surface area contributed by atoms with Gasteiger partial charge in [0, 0.05) is 24.9 Å². The molecule has 3 heterocycles. The molecule has 1 N–H and O–H groups in total. The monoisotopic (exact) mass is 489 g/mol. The number of imidazole rings is 1. The van der Waals surface area contributed by atoms with Gasteiger partial charge in [0.05, 0.1) is 42.5 Å². The van der Waals surface area contributed by atoms with Gasteiger partial charge in [0.25, 0.3) is 5.91 Å². The molecule has 9 nitrogen and oxygen atoms in total. The van der Waals surface area contributed by atoms with Crippen LogP contribution in [0.25, 0.3) is 5.69 Å². The molecule has 10 heteroatoms. The number of carbonyl (C=O) groups excluding carboxylic acids is 1. The molecule has 0 spiro atoms. The SMILES string of the molecule is COCC(C)n1cnnc1Cc1cccc(C(=O)Nc2cc(-n3cnc(C4CC4)c3)c(C)cc2F)n1. The Bertz CT molecular complexity index is 1390. The molecule has 1 unspecified atom stereocenters. The number of hydrogen-bond acceptors (Lipinski definition) is 6. The summed E-state index contributed by atoms with van der Waals surface area (Å²) in [6, 6.07) is 8.27. The first-order valence-electron chi connectivity index (χ1n) is 11.9. The standard InChI is InChI=1S/C26H28FN7O2/c1-16-9-20(27)22(11-24(16)33-12-23(28-14-33)18-7-8-18)31-26(35)21-6-4-5-19(30-21)10-25-32-29-15-34(25)17(2)13-36-3/h4-6,9,11-12,14-15,17-18H,7-8,10,13H2,1-3H3,(H,31,35). The number of rotatable bonds is 9. The lowest BCUT2D eigenvalue weighted by Gasteiger charge is -2.14. The number of carbonyl (C=O) groups is 1. The van der Waals surface area contributed by atoms with Crippen molar-refractivity contribution < 1.29 is 13.9 Å². The number of nitrogens with zero attached hydrogens (tertiary/aromatic N) is 6. The molecule has 4 aromatic rings. The lowest BCUT2D eigenvalue weighted by atomic mass is 10.1. The highest BCUT2D eigenvalue weighted by Gasteiger charge is 2.26. The molecule has 36 heavy (non-hydrogen) atoms. The van der Waals surface area contributed by atoms with E-state index in [-0.39, 0.29) is 17.4 Å². The molecule has 0 saturated heterocycles. The summed E-state index contributed by atoms with van der Waals surface area (Å²) in [5.41, 5.74) is 3.47. The van der Waals surface area contributed by atoms with Gasteiger partial charge in [-0.2, -0.15) is 0 Å². The molecule has 3 aromatic heterocycles. The van der Waals surface area contributed by atoms with E-state index in [0.29, 0.717) is 30.5 Å². The number of amides is 1. The zero-order valence-corrected chi connectivity index (χ0v) is 20.5. The van der Waals surface area contributed by atoms with Gasteiger partial charge in [-0.1, -0.05) is 6.07 Å². The molecule has 1 aliphatic rings. The van der Waals surface area contributed by atoms with Crippen LogP contribution < -0.4 is 5.32 Å². The smallest absolute Gasteiger partial charge is 0.274 e. The fraction of sp³-hybridized carbons (Fsp3) is 0.346. The molecule has 0 aliphatic heterocycles. The van der Waals surface area contributed by atoms with Gasteiger partial charge >= 0.3 is 0 Å². The van der Waals surface area contributed by atoms with E-state index in [9.17, 15) is 9.18 Å². The van der Waals surface area contributed by atoms with Crippen LogP contribution in [0, 0.1) is 12.7 Å². The maximum Gasteiger partial charge on any atom is 0.274 e. The second-order valence-electron chi connectivity index (χ2n) is 9.20. The largest absolute Gasteiger partial charge is 0.383 e. The highest BCUT2D eigenvalue weighted by Crippen LogP contribution is 2.39. The van der Waals surface area contributed by atoms with E-state index in [1.807, 2.05) is 35.2 Å². The highest BCUT2D eigenvalue weighted by molar-refractivity contribution is 6.03. The van der Waals surface area contributed by atoms with Gasteiger partial charge in [-0.25, -0.2) is 14.4 Å². The lowest BCUT2D eigenvalue weighted by Crippen LogP contribution is -2.17. The molecule has 0 bridgehead atoms. The lowest BCUT2D eigenvalue weighted by molar-refractivity contribution is 0.102. The minimum Gasteiger partial charge on any atom is -0.383 e. The Morgan fingerprint density at radius 1 is 1.28 bits per heavy atom. The normalized spacial score (nSPS) is 14.1. The van der Waals surface area contributed by atoms with Crippen molar-refractivity contribution in [2.24, 2.45) is 0 Å². The molecule has 1 aliphatic carbocycles. The van der Waals surface area contributed by atoms with E-state index in [0.717, 1.165) is 29.8 Å². The molecular formula is C26H28FN7O2. The molecule has 5 rings (SSSR count). The molecule has 1 atom stereocenters. The van der Waals surface area contributed by atoms with Crippen LogP contribution in [0.1, 0.15) is 65.0 Å². The van der Waals surface area contributed by atoms with Crippen molar-refractivity contribution in [2.75, 3.05) is 19.0 Å². The van der Waals surface area contributed by atoms with Crippen LogP contribution >= 0.6 is 0 Å².